The van der Waals surface area contributed by atoms with Crippen LogP contribution in [0.4, 0.5) is 11.4 Å². The highest BCUT2D eigenvalue weighted by Gasteiger charge is 2.48. The summed E-state index contributed by atoms with van der Waals surface area (Å²) in [5.41, 5.74) is 2.13. The second kappa shape index (κ2) is 6.83. The molecule has 2 atom stereocenters. The molecule has 1 aliphatic rings. The molecule has 6 heteroatoms. The summed E-state index contributed by atoms with van der Waals surface area (Å²) >= 11 is 12.1. The summed E-state index contributed by atoms with van der Waals surface area (Å²) in [7, 11) is 0. The zero-order chi connectivity index (χ0) is 17.3. The quantitative estimate of drug-likeness (QED) is 0.839. The van der Waals surface area contributed by atoms with E-state index in [1.165, 1.54) is 0 Å². The lowest BCUT2D eigenvalue weighted by atomic mass is 10.2. The molecule has 3 rings (SSSR count). The second-order valence-corrected chi connectivity index (χ2v) is 6.65. The van der Waals surface area contributed by atoms with E-state index in [0.29, 0.717) is 22.2 Å². The minimum absolute atomic E-state index is 0.144. The van der Waals surface area contributed by atoms with Crippen LogP contribution in [0.15, 0.2) is 42.5 Å². The Balaban J connectivity index is 1.61. The smallest absolute Gasteiger partial charge is 0.228 e. The number of benzene rings is 2. The Kier molecular flexibility index (Phi) is 4.78. The van der Waals surface area contributed by atoms with Gasteiger partial charge in [-0.15, -0.1) is 0 Å². The lowest BCUT2D eigenvalue weighted by Crippen LogP contribution is -2.21. The number of nitrogens with one attached hydrogen (secondary N) is 2. The molecule has 1 aliphatic carbocycles. The summed E-state index contributed by atoms with van der Waals surface area (Å²) < 4.78 is 0. The number of amides is 2. The molecule has 0 spiro atoms. The van der Waals surface area contributed by atoms with Gasteiger partial charge in [0.2, 0.25) is 11.8 Å². The number of anilines is 2. The van der Waals surface area contributed by atoms with Gasteiger partial charge in [-0.2, -0.15) is 0 Å². The first-order valence-corrected chi connectivity index (χ1v) is 8.34. The van der Waals surface area contributed by atoms with Gasteiger partial charge in [-0.1, -0.05) is 47.5 Å². The van der Waals surface area contributed by atoms with Gasteiger partial charge < -0.3 is 10.6 Å². The standard InChI is InChI=1S/C18H16Cl2N2O2/c1-10-5-2-3-8-15(10)21-17(23)11-9-12(11)18(24)22-16-13(19)6-4-7-14(16)20/h2-8,11-12H,9H2,1H3,(H,21,23)(H,22,24). The fourth-order valence-corrected chi connectivity index (χ4v) is 3.04. The molecule has 124 valence electrons. The van der Waals surface area contributed by atoms with E-state index in [0.717, 1.165) is 11.3 Å². The molecule has 0 aliphatic heterocycles. The van der Waals surface area contributed by atoms with Crippen molar-refractivity contribution in [2.24, 2.45) is 11.8 Å². The van der Waals surface area contributed by atoms with E-state index in [-0.39, 0.29) is 23.7 Å². The molecule has 0 saturated heterocycles. The predicted molar refractivity (Wildman–Crippen MR) is 96.5 cm³/mol. The Morgan fingerprint density at radius 2 is 1.50 bits per heavy atom. The van der Waals surface area contributed by atoms with Crippen molar-refractivity contribution >= 4 is 46.4 Å². The van der Waals surface area contributed by atoms with Gasteiger partial charge >= 0.3 is 0 Å². The molecule has 2 aromatic carbocycles. The van der Waals surface area contributed by atoms with E-state index < -0.39 is 0 Å². The lowest BCUT2D eigenvalue weighted by molar-refractivity contribution is -0.122. The third kappa shape index (κ3) is 3.55. The molecular formula is C18H16Cl2N2O2. The highest BCUT2D eigenvalue weighted by Crippen LogP contribution is 2.41. The first kappa shape index (κ1) is 16.8. The van der Waals surface area contributed by atoms with Gasteiger partial charge in [0.15, 0.2) is 0 Å². The summed E-state index contributed by atoms with van der Waals surface area (Å²) in [5.74, 6) is -1.07. The van der Waals surface area contributed by atoms with Crippen molar-refractivity contribution in [2.75, 3.05) is 10.6 Å². The first-order chi connectivity index (χ1) is 11.5. The summed E-state index contributed by atoms with van der Waals surface area (Å²) in [6.45, 7) is 1.92. The van der Waals surface area contributed by atoms with Gasteiger partial charge in [0, 0.05) is 5.69 Å². The fraction of sp³-hybridized carbons (Fsp3) is 0.222. The van der Waals surface area contributed by atoms with Gasteiger partial charge in [-0.05, 0) is 37.1 Å². The van der Waals surface area contributed by atoms with Crippen LogP contribution >= 0.6 is 23.2 Å². The predicted octanol–water partition coefficient (Wildman–Crippen LogP) is 4.52. The van der Waals surface area contributed by atoms with Crippen LogP contribution in [0.5, 0.6) is 0 Å². The number of carbonyl (C=O) groups is 2. The van der Waals surface area contributed by atoms with Gasteiger partial charge in [0.25, 0.3) is 0 Å². The van der Waals surface area contributed by atoms with Crippen molar-refractivity contribution in [3.05, 3.63) is 58.1 Å². The molecule has 2 N–H and O–H groups in total. The van der Waals surface area contributed by atoms with Gasteiger partial charge in [-0.3, -0.25) is 9.59 Å². The van der Waals surface area contributed by atoms with Crippen molar-refractivity contribution in [3.63, 3.8) is 0 Å². The van der Waals surface area contributed by atoms with Gasteiger partial charge in [-0.25, -0.2) is 0 Å². The van der Waals surface area contributed by atoms with Crippen molar-refractivity contribution in [3.8, 4) is 0 Å². The third-order valence-corrected chi connectivity index (χ3v) is 4.71. The van der Waals surface area contributed by atoms with Gasteiger partial charge in [0.05, 0.1) is 27.6 Å². The van der Waals surface area contributed by atoms with Crippen molar-refractivity contribution in [1.82, 2.24) is 0 Å². The van der Waals surface area contributed by atoms with Crippen LogP contribution in [-0.4, -0.2) is 11.8 Å². The Morgan fingerprint density at radius 3 is 2.12 bits per heavy atom. The number of aryl methyl sites for hydroxylation is 1. The zero-order valence-electron chi connectivity index (χ0n) is 13.0. The molecule has 0 aromatic heterocycles. The SMILES string of the molecule is Cc1ccccc1NC(=O)C1CC1C(=O)Nc1c(Cl)cccc1Cl. The number of para-hydroxylation sites is 2. The maximum absolute atomic E-state index is 12.3. The minimum Gasteiger partial charge on any atom is -0.326 e. The summed E-state index contributed by atoms with van der Waals surface area (Å²) in [6, 6.07) is 12.5. The van der Waals surface area contributed by atoms with E-state index in [1.54, 1.807) is 18.2 Å². The van der Waals surface area contributed by atoms with Crippen molar-refractivity contribution in [1.29, 1.82) is 0 Å². The van der Waals surface area contributed by atoms with E-state index >= 15 is 0 Å². The molecule has 0 radical (unpaired) electrons. The van der Waals surface area contributed by atoms with Crippen LogP contribution in [0.2, 0.25) is 10.0 Å². The molecule has 4 nitrogen and oxygen atoms in total. The van der Waals surface area contributed by atoms with Crippen LogP contribution in [0.25, 0.3) is 0 Å². The number of rotatable bonds is 4. The molecule has 24 heavy (non-hydrogen) atoms. The molecule has 2 aromatic rings. The van der Waals surface area contributed by atoms with Crippen LogP contribution in [-0.2, 0) is 9.59 Å². The molecule has 0 bridgehead atoms. The van der Waals surface area contributed by atoms with Gasteiger partial charge in [0.1, 0.15) is 0 Å². The molecule has 0 heterocycles. The van der Waals surface area contributed by atoms with Crippen LogP contribution in [0.1, 0.15) is 12.0 Å². The summed E-state index contributed by atoms with van der Waals surface area (Å²) in [5, 5.41) is 6.34. The molecule has 2 amide bonds. The second-order valence-electron chi connectivity index (χ2n) is 5.84. The Morgan fingerprint density at radius 1 is 0.917 bits per heavy atom. The van der Waals surface area contributed by atoms with Crippen LogP contribution in [0, 0.1) is 18.8 Å². The highest BCUT2D eigenvalue weighted by molar-refractivity contribution is 6.39. The number of halogens is 2. The fourth-order valence-electron chi connectivity index (χ4n) is 2.55. The third-order valence-electron chi connectivity index (χ3n) is 4.08. The number of carbonyl (C=O) groups excluding carboxylic acids is 2. The maximum Gasteiger partial charge on any atom is 0.228 e. The number of hydrogen-bond acceptors (Lipinski definition) is 2. The Labute approximate surface area is 150 Å². The Bertz CT molecular complexity index is 787. The molecule has 1 saturated carbocycles. The van der Waals surface area contributed by atoms with E-state index in [1.807, 2.05) is 31.2 Å². The maximum atomic E-state index is 12.3. The van der Waals surface area contributed by atoms with Crippen molar-refractivity contribution in [2.45, 2.75) is 13.3 Å². The van der Waals surface area contributed by atoms with Crippen LogP contribution in [0.3, 0.4) is 0 Å². The van der Waals surface area contributed by atoms with E-state index in [9.17, 15) is 9.59 Å². The Hall–Kier alpha value is -2.04. The molecular weight excluding hydrogens is 347 g/mol. The molecule has 1 fully saturated rings. The summed E-state index contributed by atoms with van der Waals surface area (Å²) in [4.78, 5) is 24.6. The highest BCUT2D eigenvalue weighted by atomic mass is 35.5. The topological polar surface area (TPSA) is 58.2 Å². The lowest BCUT2D eigenvalue weighted by Gasteiger charge is -2.10. The van der Waals surface area contributed by atoms with E-state index in [2.05, 4.69) is 10.6 Å². The first-order valence-electron chi connectivity index (χ1n) is 7.58. The van der Waals surface area contributed by atoms with E-state index in [4.69, 9.17) is 23.2 Å². The average Bonchev–Trinajstić information content (AvgIpc) is 3.34. The number of hydrogen-bond donors (Lipinski definition) is 2. The normalized spacial score (nSPS) is 18.8. The van der Waals surface area contributed by atoms with Crippen LogP contribution < -0.4 is 10.6 Å². The largest absolute Gasteiger partial charge is 0.326 e. The minimum atomic E-state index is -0.360. The van der Waals surface area contributed by atoms with Crippen molar-refractivity contribution < 1.29 is 9.59 Å². The average molecular weight is 363 g/mol. The zero-order valence-corrected chi connectivity index (χ0v) is 14.5. The summed E-state index contributed by atoms with van der Waals surface area (Å²) in [6.07, 6.45) is 0.519. The molecule has 2 unspecified atom stereocenters. The monoisotopic (exact) mass is 362 g/mol.